The van der Waals surface area contributed by atoms with Crippen molar-refractivity contribution in [2.45, 2.75) is 45.1 Å². The van der Waals surface area contributed by atoms with Crippen LogP contribution in [0.2, 0.25) is 0 Å². The number of hydrogen-bond acceptors (Lipinski definition) is 3. The van der Waals surface area contributed by atoms with Gasteiger partial charge in [-0.3, -0.25) is 4.79 Å². The van der Waals surface area contributed by atoms with Gasteiger partial charge in [-0.1, -0.05) is 0 Å². The van der Waals surface area contributed by atoms with E-state index in [1.165, 1.54) is 0 Å². The Morgan fingerprint density at radius 3 is 2.67 bits per heavy atom. The maximum atomic E-state index is 12.6. The summed E-state index contributed by atoms with van der Waals surface area (Å²) in [5.41, 5.74) is 0. The van der Waals surface area contributed by atoms with Crippen molar-refractivity contribution in [1.82, 2.24) is 9.80 Å². The molecule has 2 saturated heterocycles. The second-order valence-electron chi connectivity index (χ2n) is 6.15. The molecule has 2 amide bonds. The first-order chi connectivity index (χ1) is 10.1. The van der Waals surface area contributed by atoms with Crippen LogP contribution in [0.15, 0.2) is 0 Å². The highest BCUT2D eigenvalue weighted by Gasteiger charge is 2.28. The van der Waals surface area contributed by atoms with Crippen molar-refractivity contribution in [2.24, 2.45) is 5.92 Å². The highest BCUT2D eigenvalue weighted by molar-refractivity contribution is 5.74. The summed E-state index contributed by atoms with van der Waals surface area (Å²) in [6.07, 6.45) is 3.82. The van der Waals surface area contributed by atoms with Crippen molar-refractivity contribution in [1.29, 1.82) is 0 Å². The number of piperidine rings is 1. The Labute approximate surface area is 126 Å². The van der Waals surface area contributed by atoms with Gasteiger partial charge < -0.3 is 19.6 Å². The molecular formula is C15H26N2O4. The fraction of sp³-hybridized carbons (Fsp3) is 0.867. The summed E-state index contributed by atoms with van der Waals surface area (Å²) in [5.74, 6) is -0.434. The molecule has 2 atom stereocenters. The highest BCUT2D eigenvalue weighted by atomic mass is 16.5. The summed E-state index contributed by atoms with van der Waals surface area (Å²) < 4.78 is 5.58. The molecule has 2 aliphatic rings. The topological polar surface area (TPSA) is 70.1 Å². The summed E-state index contributed by atoms with van der Waals surface area (Å²) in [5, 5.41) is 8.78. The van der Waals surface area contributed by atoms with E-state index in [0.717, 1.165) is 32.4 Å². The van der Waals surface area contributed by atoms with E-state index >= 15 is 0 Å². The number of carboxylic acids is 1. The molecule has 120 valence electrons. The van der Waals surface area contributed by atoms with Crippen LogP contribution < -0.4 is 0 Å². The second-order valence-corrected chi connectivity index (χ2v) is 6.15. The monoisotopic (exact) mass is 298 g/mol. The summed E-state index contributed by atoms with van der Waals surface area (Å²) in [6.45, 7) is 5.59. The zero-order valence-corrected chi connectivity index (χ0v) is 12.8. The van der Waals surface area contributed by atoms with E-state index in [1.54, 1.807) is 0 Å². The second kappa shape index (κ2) is 7.64. The number of carbonyl (C=O) groups excluding carboxylic acids is 1. The first kappa shape index (κ1) is 16.1. The summed E-state index contributed by atoms with van der Waals surface area (Å²) >= 11 is 0. The number of aliphatic carboxylic acids is 1. The standard InChI is InChI=1S/C15H26N2O4/c1-12-10-16(8-3-9-21-12)15(20)17-7-2-4-13(11-17)5-6-14(18)19/h12-13H,2-11H2,1H3,(H,18,19). The van der Waals surface area contributed by atoms with E-state index in [0.29, 0.717) is 32.0 Å². The van der Waals surface area contributed by atoms with Gasteiger partial charge in [-0.15, -0.1) is 0 Å². The third-order valence-electron chi connectivity index (χ3n) is 4.28. The number of carboxylic acid groups (broad SMARTS) is 1. The van der Waals surface area contributed by atoms with Crippen LogP contribution in [0.1, 0.15) is 39.0 Å². The number of amides is 2. The smallest absolute Gasteiger partial charge is 0.320 e. The van der Waals surface area contributed by atoms with Crippen LogP contribution in [0.25, 0.3) is 0 Å². The molecule has 6 heteroatoms. The van der Waals surface area contributed by atoms with E-state index in [1.807, 2.05) is 16.7 Å². The lowest BCUT2D eigenvalue weighted by Crippen LogP contribution is -2.49. The summed E-state index contributed by atoms with van der Waals surface area (Å²) in [6, 6.07) is 0.0902. The molecule has 0 aliphatic carbocycles. The van der Waals surface area contributed by atoms with Gasteiger partial charge >= 0.3 is 12.0 Å². The molecule has 0 aromatic rings. The molecule has 6 nitrogen and oxygen atoms in total. The molecule has 0 saturated carbocycles. The first-order valence-electron chi connectivity index (χ1n) is 7.93. The molecule has 0 aromatic carbocycles. The largest absolute Gasteiger partial charge is 0.481 e. The lowest BCUT2D eigenvalue weighted by Gasteiger charge is -2.36. The average molecular weight is 298 g/mol. The van der Waals surface area contributed by atoms with Gasteiger partial charge in [0.1, 0.15) is 0 Å². The third kappa shape index (κ3) is 4.88. The molecule has 0 spiro atoms. The van der Waals surface area contributed by atoms with Gasteiger partial charge in [-0.25, -0.2) is 4.79 Å². The summed E-state index contributed by atoms with van der Waals surface area (Å²) in [7, 11) is 0. The Kier molecular flexibility index (Phi) is 5.85. The number of carbonyl (C=O) groups is 2. The minimum atomic E-state index is -0.753. The van der Waals surface area contributed by atoms with Gasteiger partial charge in [-0.05, 0) is 38.5 Å². The minimum Gasteiger partial charge on any atom is -0.481 e. The molecule has 2 heterocycles. The van der Waals surface area contributed by atoms with Crippen molar-refractivity contribution in [3.63, 3.8) is 0 Å². The third-order valence-corrected chi connectivity index (χ3v) is 4.28. The average Bonchev–Trinajstić information content (AvgIpc) is 2.69. The first-order valence-corrected chi connectivity index (χ1v) is 7.93. The van der Waals surface area contributed by atoms with Gasteiger partial charge in [0.25, 0.3) is 0 Å². The number of rotatable bonds is 3. The Hall–Kier alpha value is -1.30. The van der Waals surface area contributed by atoms with Crippen molar-refractivity contribution in [3.05, 3.63) is 0 Å². The number of ether oxygens (including phenoxy) is 1. The van der Waals surface area contributed by atoms with Crippen molar-refractivity contribution >= 4 is 12.0 Å². The van der Waals surface area contributed by atoms with E-state index in [-0.39, 0.29) is 18.6 Å². The Bertz CT molecular complexity index is 375. The van der Waals surface area contributed by atoms with E-state index in [9.17, 15) is 9.59 Å². The van der Waals surface area contributed by atoms with Crippen LogP contribution in [-0.2, 0) is 9.53 Å². The Balaban J connectivity index is 1.87. The fourth-order valence-corrected chi connectivity index (χ4v) is 3.17. The van der Waals surface area contributed by atoms with E-state index in [4.69, 9.17) is 9.84 Å². The number of nitrogens with zero attached hydrogens (tertiary/aromatic N) is 2. The van der Waals surface area contributed by atoms with Crippen LogP contribution in [0.3, 0.4) is 0 Å². The minimum absolute atomic E-state index is 0.0871. The number of urea groups is 1. The molecule has 2 rings (SSSR count). The zero-order valence-electron chi connectivity index (χ0n) is 12.8. The van der Waals surface area contributed by atoms with E-state index in [2.05, 4.69) is 0 Å². The number of likely N-dealkylation sites (tertiary alicyclic amines) is 1. The van der Waals surface area contributed by atoms with Gasteiger partial charge in [0.15, 0.2) is 0 Å². The molecular weight excluding hydrogens is 272 g/mol. The van der Waals surface area contributed by atoms with Crippen molar-refractivity contribution < 1.29 is 19.4 Å². The summed E-state index contributed by atoms with van der Waals surface area (Å²) in [4.78, 5) is 27.1. The zero-order chi connectivity index (χ0) is 15.2. The van der Waals surface area contributed by atoms with Crippen LogP contribution in [0.5, 0.6) is 0 Å². The molecule has 0 aromatic heterocycles. The van der Waals surface area contributed by atoms with Crippen LogP contribution in [0, 0.1) is 5.92 Å². The predicted octanol–water partition coefficient (Wildman–Crippen LogP) is 1.79. The highest BCUT2D eigenvalue weighted by Crippen LogP contribution is 2.22. The normalized spacial score (nSPS) is 27.3. The van der Waals surface area contributed by atoms with Crippen LogP contribution in [-0.4, -0.2) is 65.8 Å². The van der Waals surface area contributed by atoms with Gasteiger partial charge in [0.2, 0.25) is 0 Å². The molecule has 0 bridgehead atoms. The van der Waals surface area contributed by atoms with Crippen LogP contribution >= 0.6 is 0 Å². The van der Waals surface area contributed by atoms with Gasteiger partial charge in [0, 0.05) is 39.2 Å². The molecule has 2 aliphatic heterocycles. The maximum Gasteiger partial charge on any atom is 0.320 e. The quantitative estimate of drug-likeness (QED) is 0.862. The van der Waals surface area contributed by atoms with E-state index < -0.39 is 5.97 Å². The maximum absolute atomic E-state index is 12.6. The Morgan fingerprint density at radius 2 is 1.90 bits per heavy atom. The van der Waals surface area contributed by atoms with Crippen molar-refractivity contribution in [2.75, 3.05) is 32.8 Å². The fourth-order valence-electron chi connectivity index (χ4n) is 3.17. The molecule has 1 N–H and O–H groups in total. The van der Waals surface area contributed by atoms with Crippen molar-refractivity contribution in [3.8, 4) is 0 Å². The predicted molar refractivity (Wildman–Crippen MR) is 78.2 cm³/mol. The molecule has 2 unspecified atom stereocenters. The van der Waals surface area contributed by atoms with Crippen LogP contribution in [0.4, 0.5) is 4.79 Å². The SMILES string of the molecule is CC1CN(C(=O)N2CCCC(CCC(=O)O)C2)CCCO1. The molecule has 0 radical (unpaired) electrons. The lowest BCUT2D eigenvalue weighted by molar-refractivity contribution is -0.137. The lowest BCUT2D eigenvalue weighted by atomic mass is 9.93. The Morgan fingerprint density at radius 1 is 1.19 bits per heavy atom. The molecule has 2 fully saturated rings. The molecule has 21 heavy (non-hydrogen) atoms. The van der Waals surface area contributed by atoms with Gasteiger partial charge in [0.05, 0.1) is 6.10 Å². The number of hydrogen-bond donors (Lipinski definition) is 1. The van der Waals surface area contributed by atoms with Gasteiger partial charge in [-0.2, -0.15) is 0 Å².